The van der Waals surface area contributed by atoms with Crippen LogP contribution in [0.15, 0.2) is 23.3 Å². The molecule has 0 spiro atoms. The van der Waals surface area contributed by atoms with Crippen LogP contribution in [-0.4, -0.2) is 27.9 Å². The van der Waals surface area contributed by atoms with Crippen molar-refractivity contribution in [3.8, 4) is 0 Å². The van der Waals surface area contributed by atoms with E-state index >= 15 is 0 Å². The van der Waals surface area contributed by atoms with Gasteiger partial charge in [-0.25, -0.2) is 4.98 Å². The predicted molar refractivity (Wildman–Crippen MR) is 78.5 cm³/mol. The first kappa shape index (κ1) is 13.7. The number of ether oxygens (including phenoxy) is 1. The highest BCUT2D eigenvalue weighted by Gasteiger charge is 2.30. The fourth-order valence-electron chi connectivity index (χ4n) is 2.62. The van der Waals surface area contributed by atoms with E-state index in [9.17, 15) is 0 Å². The van der Waals surface area contributed by atoms with Gasteiger partial charge < -0.3 is 10.1 Å². The molecule has 20 heavy (non-hydrogen) atoms. The van der Waals surface area contributed by atoms with Gasteiger partial charge in [-0.05, 0) is 13.3 Å². The molecule has 1 saturated heterocycles. The average molecular weight is 292 g/mol. The van der Waals surface area contributed by atoms with Gasteiger partial charge in [0.1, 0.15) is 0 Å². The fourth-order valence-corrected chi connectivity index (χ4v) is 3.18. The first-order valence-corrected chi connectivity index (χ1v) is 8.03. The second-order valence-electron chi connectivity index (χ2n) is 5.08. The standard InChI is InChI=1S/C14H20N4OS/c1-2-18-8-12(6-17-18)14-11(3-4-19-14)5-15-7-13-9-20-10-16-13/h6,8-11,14-15H,2-5,7H2,1H3/t11-,14+/m1/s1. The van der Waals surface area contributed by atoms with E-state index in [0.717, 1.165) is 38.4 Å². The molecule has 6 heteroatoms. The monoisotopic (exact) mass is 292 g/mol. The first-order chi connectivity index (χ1) is 9.86. The molecule has 0 aromatic carbocycles. The van der Waals surface area contributed by atoms with Gasteiger partial charge in [-0.1, -0.05) is 0 Å². The lowest BCUT2D eigenvalue weighted by Gasteiger charge is -2.17. The van der Waals surface area contributed by atoms with E-state index in [-0.39, 0.29) is 6.10 Å². The van der Waals surface area contributed by atoms with E-state index in [4.69, 9.17) is 4.74 Å². The van der Waals surface area contributed by atoms with Crippen LogP contribution in [0.5, 0.6) is 0 Å². The molecular weight excluding hydrogens is 272 g/mol. The number of nitrogens with zero attached hydrogens (tertiary/aromatic N) is 3. The summed E-state index contributed by atoms with van der Waals surface area (Å²) in [5.41, 5.74) is 4.19. The zero-order valence-electron chi connectivity index (χ0n) is 11.7. The minimum absolute atomic E-state index is 0.179. The number of thiazole rings is 1. The van der Waals surface area contributed by atoms with Gasteiger partial charge >= 0.3 is 0 Å². The molecule has 5 nitrogen and oxygen atoms in total. The van der Waals surface area contributed by atoms with Crippen LogP contribution in [0.25, 0.3) is 0 Å². The molecule has 0 bridgehead atoms. The van der Waals surface area contributed by atoms with Crippen molar-refractivity contribution in [1.82, 2.24) is 20.1 Å². The highest BCUT2D eigenvalue weighted by molar-refractivity contribution is 7.07. The largest absolute Gasteiger partial charge is 0.373 e. The molecule has 3 heterocycles. The summed E-state index contributed by atoms with van der Waals surface area (Å²) in [7, 11) is 0. The second kappa shape index (κ2) is 6.47. The average Bonchev–Trinajstić information content (AvgIpc) is 3.20. The Hall–Kier alpha value is -1.24. The van der Waals surface area contributed by atoms with Crippen molar-refractivity contribution in [1.29, 1.82) is 0 Å². The zero-order valence-corrected chi connectivity index (χ0v) is 12.5. The van der Waals surface area contributed by atoms with E-state index in [1.54, 1.807) is 11.3 Å². The lowest BCUT2D eigenvalue weighted by atomic mass is 9.97. The number of aromatic nitrogens is 3. The summed E-state index contributed by atoms with van der Waals surface area (Å²) in [5.74, 6) is 0.517. The lowest BCUT2D eigenvalue weighted by molar-refractivity contribution is 0.0903. The minimum atomic E-state index is 0.179. The van der Waals surface area contributed by atoms with Crippen molar-refractivity contribution < 1.29 is 4.74 Å². The number of aryl methyl sites for hydroxylation is 1. The summed E-state index contributed by atoms with van der Waals surface area (Å²) in [4.78, 5) is 4.28. The van der Waals surface area contributed by atoms with Crippen molar-refractivity contribution in [2.75, 3.05) is 13.2 Å². The maximum absolute atomic E-state index is 5.89. The number of hydrogen-bond donors (Lipinski definition) is 1. The molecule has 2 aromatic heterocycles. The number of rotatable bonds is 6. The van der Waals surface area contributed by atoms with E-state index < -0.39 is 0 Å². The third-order valence-electron chi connectivity index (χ3n) is 3.72. The van der Waals surface area contributed by atoms with E-state index in [0.29, 0.717) is 5.92 Å². The Labute approximate surface area is 123 Å². The molecule has 1 aliphatic heterocycles. The van der Waals surface area contributed by atoms with Gasteiger partial charge in [0, 0.05) is 49.3 Å². The van der Waals surface area contributed by atoms with Gasteiger partial charge in [0.25, 0.3) is 0 Å². The molecular formula is C14H20N4OS. The van der Waals surface area contributed by atoms with Crippen molar-refractivity contribution >= 4 is 11.3 Å². The molecule has 0 unspecified atom stereocenters. The van der Waals surface area contributed by atoms with Crippen molar-refractivity contribution in [2.45, 2.75) is 32.5 Å². The van der Waals surface area contributed by atoms with Crippen molar-refractivity contribution in [3.05, 3.63) is 34.5 Å². The Morgan fingerprint density at radius 1 is 1.55 bits per heavy atom. The Bertz CT molecular complexity index is 525. The van der Waals surface area contributed by atoms with Crippen LogP contribution in [0.3, 0.4) is 0 Å². The SMILES string of the molecule is CCn1cc([C@H]2OCC[C@@H]2CNCc2cscn2)cn1. The minimum Gasteiger partial charge on any atom is -0.373 e. The van der Waals surface area contributed by atoms with Crippen LogP contribution in [-0.2, 0) is 17.8 Å². The molecule has 108 valence electrons. The van der Waals surface area contributed by atoms with Crippen molar-refractivity contribution in [3.63, 3.8) is 0 Å². The van der Waals surface area contributed by atoms with Gasteiger partial charge in [0.2, 0.25) is 0 Å². The second-order valence-corrected chi connectivity index (χ2v) is 5.80. The Kier molecular flexibility index (Phi) is 4.44. The molecule has 2 aromatic rings. The maximum Gasteiger partial charge on any atom is 0.0896 e. The van der Waals surface area contributed by atoms with Crippen LogP contribution >= 0.6 is 11.3 Å². The number of nitrogens with one attached hydrogen (secondary N) is 1. The van der Waals surface area contributed by atoms with E-state index in [2.05, 4.69) is 33.9 Å². The van der Waals surface area contributed by atoms with Gasteiger partial charge in [-0.15, -0.1) is 11.3 Å². The Balaban J connectivity index is 1.55. The van der Waals surface area contributed by atoms with E-state index in [1.807, 2.05) is 16.4 Å². The molecule has 0 aliphatic carbocycles. The smallest absolute Gasteiger partial charge is 0.0896 e. The maximum atomic E-state index is 5.89. The molecule has 1 aliphatic rings. The van der Waals surface area contributed by atoms with Crippen LogP contribution < -0.4 is 5.32 Å². The number of hydrogen-bond acceptors (Lipinski definition) is 5. The molecule has 3 rings (SSSR count). The normalized spacial score (nSPS) is 22.4. The topological polar surface area (TPSA) is 52.0 Å². The third kappa shape index (κ3) is 3.08. The lowest BCUT2D eigenvalue weighted by Crippen LogP contribution is -2.24. The molecule has 1 N–H and O–H groups in total. The molecule has 1 fully saturated rings. The molecule has 0 saturated carbocycles. The summed E-state index contributed by atoms with van der Waals surface area (Å²) in [5, 5.41) is 9.91. The van der Waals surface area contributed by atoms with Crippen LogP contribution in [0, 0.1) is 5.92 Å². The Morgan fingerprint density at radius 3 is 3.25 bits per heavy atom. The quantitative estimate of drug-likeness (QED) is 0.887. The molecule has 0 amide bonds. The highest BCUT2D eigenvalue weighted by Crippen LogP contribution is 2.33. The molecule has 0 radical (unpaired) electrons. The summed E-state index contributed by atoms with van der Waals surface area (Å²) in [6.07, 6.45) is 5.32. The summed E-state index contributed by atoms with van der Waals surface area (Å²) in [6, 6.07) is 0. The third-order valence-corrected chi connectivity index (χ3v) is 4.35. The summed E-state index contributed by atoms with van der Waals surface area (Å²) in [6.45, 7) is 5.63. The van der Waals surface area contributed by atoms with Crippen LogP contribution in [0.4, 0.5) is 0 Å². The van der Waals surface area contributed by atoms with Gasteiger partial charge in [0.05, 0.1) is 23.5 Å². The van der Waals surface area contributed by atoms with Crippen LogP contribution in [0.1, 0.15) is 30.7 Å². The predicted octanol–water partition coefficient (Wildman–Crippen LogP) is 2.23. The first-order valence-electron chi connectivity index (χ1n) is 7.08. The summed E-state index contributed by atoms with van der Waals surface area (Å²) < 4.78 is 7.85. The van der Waals surface area contributed by atoms with Crippen molar-refractivity contribution in [2.24, 2.45) is 5.92 Å². The fraction of sp³-hybridized carbons (Fsp3) is 0.571. The summed E-state index contributed by atoms with van der Waals surface area (Å²) >= 11 is 1.64. The van der Waals surface area contributed by atoms with E-state index in [1.165, 1.54) is 5.56 Å². The Morgan fingerprint density at radius 2 is 2.50 bits per heavy atom. The van der Waals surface area contributed by atoms with Gasteiger partial charge in [0.15, 0.2) is 0 Å². The van der Waals surface area contributed by atoms with Crippen LogP contribution in [0.2, 0.25) is 0 Å². The molecule has 2 atom stereocenters. The highest BCUT2D eigenvalue weighted by atomic mass is 32.1. The zero-order chi connectivity index (χ0) is 13.8. The van der Waals surface area contributed by atoms with Gasteiger partial charge in [-0.2, -0.15) is 5.10 Å². The van der Waals surface area contributed by atoms with Gasteiger partial charge in [-0.3, -0.25) is 4.68 Å².